The molecule has 0 radical (unpaired) electrons. The van der Waals surface area contributed by atoms with E-state index in [4.69, 9.17) is 11.6 Å². The Morgan fingerprint density at radius 1 is 1.20 bits per heavy atom. The number of hydrogen-bond acceptors (Lipinski definition) is 2. The van der Waals surface area contributed by atoms with E-state index in [1.807, 2.05) is 12.1 Å². The Labute approximate surface area is 123 Å². The molecule has 0 fully saturated rings. The molecule has 2 heterocycles. The van der Waals surface area contributed by atoms with Crippen molar-refractivity contribution in [3.8, 4) is 0 Å². The molecule has 102 valence electrons. The molecular weight excluding hydrogens is 270 g/mol. The molecule has 0 saturated carbocycles. The third-order valence-electron chi connectivity index (χ3n) is 3.71. The Morgan fingerprint density at radius 2 is 2.00 bits per heavy atom. The summed E-state index contributed by atoms with van der Waals surface area (Å²) < 4.78 is 2.22. The number of hydrogen-bond donors (Lipinski definition) is 1. The summed E-state index contributed by atoms with van der Waals surface area (Å²) in [5.74, 6) is 0. The molecule has 4 heteroatoms. The van der Waals surface area contributed by atoms with Gasteiger partial charge in [0, 0.05) is 29.8 Å². The van der Waals surface area contributed by atoms with Gasteiger partial charge in [0.1, 0.15) is 0 Å². The zero-order valence-corrected chi connectivity index (χ0v) is 12.3. The number of pyridine rings is 1. The summed E-state index contributed by atoms with van der Waals surface area (Å²) in [5, 5.41) is 5.16. The van der Waals surface area contributed by atoms with Gasteiger partial charge in [0.05, 0.1) is 12.2 Å². The van der Waals surface area contributed by atoms with Crippen molar-refractivity contribution in [3.63, 3.8) is 0 Å². The van der Waals surface area contributed by atoms with Crippen LogP contribution >= 0.6 is 11.6 Å². The van der Waals surface area contributed by atoms with Crippen LogP contribution in [0.2, 0.25) is 5.15 Å². The lowest BCUT2D eigenvalue weighted by Crippen LogP contribution is -2.06. The SMILES string of the molecule is Cc1c(CNc2cccnc2Cl)n(C)c2ccccc12. The average Bonchev–Trinajstić information content (AvgIpc) is 2.71. The highest BCUT2D eigenvalue weighted by Crippen LogP contribution is 2.26. The highest BCUT2D eigenvalue weighted by Gasteiger charge is 2.11. The van der Waals surface area contributed by atoms with Gasteiger partial charge in [-0.15, -0.1) is 0 Å². The van der Waals surface area contributed by atoms with Gasteiger partial charge >= 0.3 is 0 Å². The van der Waals surface area contributed by atoms with Crippen molar-refractivity contribution in [2.75, 3.05) is 5.32 Å². The molecule has 0 unspecified atom stereocenters. The Bertz CT molecular complexity index is 723. The molecule has 0 aliphatic heterocycles. The van der Waals surface area contributed by atoms with Crippen molar-refractivity contribution in [2.24, 2.45) is 7.05 Å². The minimum absolute atomic E-state index is 0.504. The first-order chi connectivity index (χ1) is 9.68. The molecule has 20 heavy (non-hydrogen) atoms. The van der Waals surface area contributed by atoms with Gasteiger partial charge in [-0.25, -0.2) is 4.98 Å². The molecule has 3 aromatic rings. The Kier molecular flexibility index (Phi) is 3.36. The number of anilines is 1. The van der Waals surface area contributed by atoms with Crippen LogP contribution in [0.25, 0.3) is 10.9 Å². The number of nitrogens with zero attached hydrogens (tertiary/aromatic N) is 2. The third-order valence-corrected chi connectivity index (χ3v) is 4.01. The first-order valence-corrected chi connectivity index (χ1v) is 6.93. The molecular formula is C16H16ClN3. The number of rotatable bonds is 3. The fourth-order valence-corrected chi connectivity index (χ4v) is 2.77. The van der Waals surface area contributed by atoms with Crippen LogP contribution in [-0.2, 0) is 13.6 Å². The van der Waals surface area contributed by atoms with E-state index < -0.39 is 0 Å². The first-order valence-electron chi connectivity index (χ1n) is 6.56. The third kappa shape index (κ3) is 2.14. The minimum atomic E-state index is 0.504. The van der Waals surface area contributed by atoms with E-state index in [2.05, 4.69) is 53.1 Å². The molecule has 2 aromatic heterocycles. The zero-order valence-electron chi connectivity index (χ0n) is 11.5. The van der Waals surface area contributed by atoms with Crippen LogP contribution in [0.5, 0.6) is 0 Å². The van der Waals surface area contributed by atoms with Crippen molar-refractivity contribution < 1.29 is 0 Å². The van der Waals surface area contributed by atoms with Crippen molar-refractivity contribution in [3.05, 3.63) is 59.0 Å². The van der Waals surface area contributed by atoms with Gasteiger partial charge in [0.15, 0.2) is 5.15 Å². The maximum atomic E-state index is 6.07. The second kappa shape index (κ2) is 5.17. The molecule has 3 rings (SSSR count). The maximum Gasteiger partial charge on any atom is 0.152 e. The van der Waals surface area contributed by atoms with E-state index in [-0.39, 0.29) is 0 Å². The van der Waals surface area contributed by atoms with Gasteiger partial charge in [-0.3, -0.25) is 0 Å². The van der Waals surface area contributed by atoms with E-state index in [0.29, 0.717) is 5.15 Å². The largest absolute Gasteiger partial charge is 0.377 e. The lowest BCUT2D eigenvalue weighted by molar-refractivity contribution is 0.862. The molecule has 0 amide bonds. The van der Waals surface area contributed by atoms with Crippen LogP contribution < -0.4 is 5.32 Å². The number of aromatic nitrogens is 2. The van der Waals surface area contributed by atoms with E-state index in [0.717, 1.165) is 12.2 Å². The van der Waals surface area contributed by atoms with Crippen molar-refractivity contribution in [1.82, 2.24) is 9.55 Å². The van der Waals surface area contributed by atoms with Crippen LogP contribution in [-0.4, -0.2) is 9.55 Å². The van der Waals surface area contributed by atoms with E-state index in [9.17, 15) is 0 Å². The van der Waals surface area contributed by atoms with E-state index in [1.54, 1.807) is 6.20 Å². The van der Waals surface area contributed by atoms with Crippen LogP contribution in [0.1, 0.15) is 11.3 Å². The summed E-state index contributed by atoms with van der Waals surface area (Å²) >= 11 is 6.07. The smallest absolute Gasteiger partial charge is 0.152 e. The van der Waals surface area contributed by atoms with Gasteiger partial charge in [-0.1, -0.05) is 29.8 Å². The standard InChI is InChI=1S/C16H16ClN3/c1-11-12-6-3-4-8-14(12)20(2)15(11)10-19-13-7-5-9-18-16(13)17/h3-9,19H,10H2,1-2H3. The first kappa shape index (κ1) is 13.0. The van der Waals surface area contributed by atoms with Crippen LogP contribution in [0.3, 0.4) is 0 Å². The molecule has 1 aromatic carbocycles. The predicted octanol–water partition coefficient (Wildman–Crippen LogP) is 4.15. The van der Waals surface area contributed by atoms with E-state index >= 15 is 0 Å². The highest BCUT2D eigenvalue weighted by atomic mass is 35.5. The van der Waals surface area contributed by atoms with E-state index in [1.165, 1.54) is 22.2 Å². The highest BCUT2D eigenvalue weighted by molar-refractivity contribution is 6.31. The number of nitrogens with one attached hydrogen (secondary N) is 1. The molecule has 0 bridgehead atoms. The van der Waals surface area contributed by atoms with Gasteiger partial charge in [-0.2, -0.15) is 0 Å². The molecule has 3 nitrogen and oxygen atoms in total. The summed E-state index contributed by atoms with van der Waals surface area (Å²) in [4.78, 5) is 4.08. The average molecular weight is 286 g/mol. The molecule has 0 spiro atoms. The maximum absolute atomic E-state index is 6.07. The molecule has 0 aliphatic rings. The lowest BCUT2D eigenvalue weighted by Gasteiger charge is -2.10. The topological polar surface area (TPSA) is 29.9 Å². The summed E-state index contributed by atoms with van der Waals surface area (Å²) in [6, 6.07) is 12.3. The summed E-state index contributed by atoms with van der Waals surface area (Å²) in [7, 11) is 2.09. The van der Waals surface area contributed by atoms with Gasteiger partial charge in [0.2, 0.25) is 0 Å². The van der Waals surface area contributed by atoms with Crippen molar-refractivity contribution >= 4 is 28.2 Å². The lowest BCUT2D eigenvalue weighted by atomic mass is 10.1. The fourth-order valence-electron chi connectivity index (χ4n) is 2.58. The normalized spacial score (nSPS) is 10.9. The van der Waals surface area contributed by atoms with Gasteiger partial charge < -0.3 is 9.88 Å². The monoisotopic (exact) mass is 285 g/mol. The summed E-state index contributed by atoms with van der Waals surface area (Å²) in [6.07, 6.45) is 1.69. The summed E-state index contributed by atoms with van der Waals surface area (Å²) in [5.41, 5.74) is 4.67. The fraction of sp³-hybridized carbons (Fsp3) is 0.188. The van der Waals surface area contributed by atoms with Gasteiger partial charge in [-0.05, 0) is 30.7 Å². The van der Waals surface area contributed by atoms with Gasteiger partial charge in [0.25, 0.3) is 0 Å². The molecule has 0 saturated heterocycles. The molecule has 0 atom stereocenters. The number of aryl methyl sites for hydroxylation is 2. The minimum Gasteiger partial charge on any atom is -0.377 e. The zero-order chi connectivity index (χ0) is 14.1. The number of fused-ring (bicyclic) bond motifs is 1. The molecule has 0 aliphatic carbocycles. The second-order valence-corrected chi connectivity index (χ2v) is 5.20. The van der Waals surface area contributed by atoms with Crippen LogP contribution in [0, 0.1) is 6.92 Å². The summed E-state index contributed by atoms with van der Waals surface area (Å²) in [6.45, 7) is 2.88. The van der Waals surface area contributed by atoms with Crippen LogP contribution in [0.15, 0.2) is 42.6 Å². The number of para-hydroxylation sites is 1. The Balaban J connectivity index is 1.94. The quantitative estimate of drug-likeness (QED) is 0.733. The van der Waals surface area contributed by atoms with Crippen molar-refractivity contribution in [1.29, 1.82) is 0 Å². The Hall–Kier alpha value is -2.00. The number of benzene rings is 1. The van der Waals surface area contributed by atoms with Crippen molar-refractivity contribution in [2.45, 2.75) is 13.5 Å². The molecule has 1 N–H and O–H groups in total. The second-order valence-electron chi connectivity index (χ2n) is 4.84. The predicted molar refractivity (Wildman–Crippen MR) is 84.2 cm³/mol. The number of halogens is 1. The van der Waals surface area contributed by atoms with Crippen LogP contribution in [0.4, 0.5) is 5.69 Å². The Morgan fingerprint density at radius 3 is 2.75 bits per heavy atom.